The number of hydrogen-bond donors (Lipinski definition) is 2. The van der Waals surface area contributed by atoms with E-state index >= 15 is 0 Å². The molecule has 0 unspecified atom stereocenters. The van der Waals surface area contributed by atoms with Crippen LogP contribution in [0.2, 0.25) is 10.0 Å². The van der Waals surface area contributed by atoms with Gasteiger partial charge in [-0.3, -0.25) is 4.79 Å². The van der Waals surface area contributed by atoms with Crippen molar-refractivity contribution in [2.24, 2.45) is 5.92 Å². The maximum Gasteiger partial charge on any atom is 0.235 e. The van der Waals surface area contributed by atoms with E-state index in [0.717, 1.165) is 18.4 Å². The molecule has 2 rings (SSSR count). The molecule has 2 atom stereocenters. The Balaban J connectivity index is 1.87. The van der Waals surface area contributed by atoms with Crippen LogP contribution >= 0.6 is 23.2 Å². The van der Waals surface area contributed by atoms with Gasteiger partial charge in [0.15, 0.2) is 0 Å². The first-order valence-electron chi connectivity index (χ1n) is 7.26. The van der Waals surface area contributed by atoms with Crippen LogP contribution in [-0.2, 0) is 4.79 Å². The maximum absolute atomic E-state index is 12.0. The van der Waals surface area contributed by atoms with E-state index in [0.29, 0.717) is 10.0 Å². The lowest BCUT2D eigenvalue weighted by Crippen LogP contribution is -2.49. The monoisotopic (exact) mass is 339 g/mol. The third kappa shape index (κ3) is 4.13. The van der Waals surface area contributed by atoms with Crippen LogP contribution < -0.4 is 10.6 Å². The van der Waals surface area contributed by atoms with Crippen molar-refractivity contribution in [3.63, 3.8) is 0 Å². The second kappa shape index (κ2) is 6.87. The Morgan fingerprint density at radius 2 is 2.14 bits per heavy atom. The van der Waals surface area contributed by atoms with Gasteiger partial charge in [-0.05, 0) is 50.3 Å². The lowest BCUT2D eigenvalue weighted by atomic mass is 9.98. The minimum absolute atomic E-state index is 0.0465. The number of rotatable bonds is 6. The van der Waals surface area contributed by atoms with Crippen LogP contribution in [0.25, 0.3) is 0 Å². The highest BCUT2D eigenvalue weighted by atomic mass is 35.5. The van der Waals surface area contributed by atoms with Gasteiger partial charge < -0.3 is 10.6 Å². The van der Waals surface area contributed by atoms with Crippen molar-refractivity contribution in [1.29, 1.82) is 5.26 Å². The molecule has 0 aromatic heterocycles. The molecule has 0 saturated heterocycles. The smallest absolute Gasteiger partial charge is 0.235 e. The van der Waals surface area contributed by atoms with Crippen molar-refractivity contribution in [3.05, 3.63) is 33.8 Å². The SMILES string of the molecule is C[C@H](NCC(=O)N[C@](C)(C#N)C1CC1)c1ccc(Cl)c(Cl)c1. The van der Waals surface area contributed by atoms with Crippen molar-refractivity contribution in [2.45, 2.75) is 38.3 Å². The highest BCUT2D eigenvalue weighted by Gasteiger charge is 2.42. The molecule has 2 N–H and O–H groups in total. The Morgan fingerprint density at radius 1 is 1.45 bits per heavy atom. The number of halogens is 2. The minimum atomic E-state index is -0.758. The predicted octanol–water partition coefficient (Wildman–Crippen LogP) is 3.45. The molecule has 1 saturated carbocycles. The molecule has 0 heterocycles. The summed E-state index contributed by atoms with van der Waals surface area (Å²) in [5.74, 6) is 0.0943. The molecule has 0 spiro atoms. The zero-order valence-electron chi connectivity index (χ0n) is 12.6. The number of nitrogens with zero attached hydrogens (tertiary/aromatic N) is 1. The second-order valence-corrected chi connectivity index (χ2v) is 6.73. The van der Waals surface area contributed by atoms with Crippen molar-refractivity contribution in [3.8, 4) is 6.07 Å². The number of nitrogens with one attached hydrogen (secondary N) is 2. The van der Waals surface area contributed by atoms with Crippen LogP contribution in [0.3, 0.4) is 0 Å². The Morgan fingerprint density at radius 3 is 2.68 bits per heavy atom. The number of amides is 1. The summed E-state index contributed by atoms with van der Waals surface area (Å²) in [5, 5.41) is 16.2. The topological polar surface area (TPSA) is 64.9 Å². The van der Waals surface area contributed by atoms with Crippen molar-refractivity contribution in [1.82, 2.24) is 10.6 Å². The lowest BCUT2D eigenvalue weighted by Gasteiger charge is -2.23. The zero-order valence-corrected chi connectivity index (χ0v) is 14.1. The largest absolute Gasteiger partial charge is 0.337 e. The van der Waals surface area contributed by atoms with E-state index in [-0.39, 0.29) is 24.4 Å². The average Bonchev–Trinajstić information content (AvgIpc) is 3.32. The molecule has 0 bridgehead atoms. The number of benzene rings is 1. The fourth-order valence-corrected chi connectivity index (χ4v) is 2.67. The molecular weight excluding hydrogens is 321 g/mol. The third-order valence-corrected chi connectivity index (χ3v) is 4.78. The highest BCUT2D eigenvalue weighted by Crippen LogP contribution is 2.39. The molecule has 1 amide bonds. The van der Waals surface area contributed by atoms with E-state index in [1.165, 1.54) is 0 Å². The third-order valence-electron chi connectivity index (χ3n) is 4.04. The first-order chi connectivity index (χ1) is 10.4. The molecule has 1 fully saturated rings. The lowest BCUT2D eigenvalue weighted by molar-refractivity contribution is -0.121. The standard InChI is InChI=1S/C16H19Cl2N3O/c1-10(11-3-6-13(17)14(18)7-11)20-8-15(22)21-16(2,9-19)12-4-5-12/h3,6-7,10,12,20H,4-5,8H2,1-2H3,(H,21,22)/t10-,16+/m0/s1. The van der Waals surface area contributed by atoms with Gasteiger partial charge in [0.25, 0.3) is 0 Å². The summed E-state index contributed by atoms with van der Waals surface area (Å²) in [5.41, 5.74) is 0.193. The van der Waals surface area contributed by atoms with Gasteiger partial charge in [-0.2, -0.15) is 5.26 Å². The predicted molar refractivity (Wildman–Crippen MR) is 87.8 cm³/mol. The molecule has 1 aromatic carbocycles. The molecule has 1 aliphatic rings. The Bertz CT molecular complexity index is 610. The van der Waals surface area contributed by atoms with Crippen LogP contribution in [0.5, 0.6) is 0 Å². The van der Waals surface area contributed by atoms with Gasteiger partial charge in [-0.25, -0.2) is 0 Å². The number of nitriles is 1. The average molecular weight is 340 g/mol. The van der Waals surface area contributed by atoms with Crippen molar-refractivity contribution >= 4 is 29.1 Å². The van der Waals surface area contributed by atoms with E-state index in [4.69, 9.17) is 23.2 Å². The molecular formula is C16H19Cl2N3O. The van der Waals surface area contributed by atoms with E-state index < -0.39 is 5.54 Å². The Kier molecular flexibility index (Phi) is 5.33. The maximum atomic E-state index is 12.0. The van der Waals surface area contributed by atoms with Gasteiger partial charge in [-0.1, -0.05) is 29.3 Å². The number of hydrogen-bond acceptors (Lipinski definition) is 3. The van der Waals surface area contributed by atoms with Gasteiger partial charge in [0.1, 0.15) is 5.54 Å². The Labute approximate surface area is 140 Å². The van der Waals surface area contributed by atoms with E-state index in [2.05, 4.69) is 16.7 Å². The molecule has 0 aliphatic heterocycles. The molecule has 1 aromatic rings. The van der Waals surface area contributed by atoms with Crippen molar-refractivity contribution < 1.29 is 4.79 Å². The minimum Gasteiger partial charge on any atom is -0.337 e. The number of carbonyl (C=O) groups is 1. The molecule has 0 radical (unpaired) electrons. The summed E-state index contributed by atoms with van der Waals surface area (Å²) in [6.45, 7) is 3.87. The van der Waals surface area contributed by atoms with Gasteiger partial charge in [0.05, 0.1) is 22.7 Å². The van der Waals surface area contributed by atoms with Crippen LogP contribution in [0.15, 0.2) is 18.2 Å². The zero-order chi connectivity index (χ0) is 16.3. The summed E-state index contributed by atoms with van der Waals surface area (Å²) in [6, 6.07) is 7.55. The fourth-order valence-electron chi connectivity index (χ4n) is 2.36. The Hall–Kier alpha value is -1.28. The fraction of sp³-hybridized carbons (Fsp3) is 0.500. The molecule has 22 heavy (non-hydrogen) atoms. The highest BCUT2D eigenvalue weighted by molar-refractivity contribution is 6.42. The summed E-state index contributed by atoms with van der Waals surface area (Å²) in [6.07, 6.45) is 1.99. The summed E-state index contributed by atoms with van der Waals surface area (Å²) in [4.78, 5) is 12.0. The van der Waals surface area contributed by atoms with Crippen LogP contribution in [-0.4, -0.2) is 18.0 Å². The van der Waals surface area contributed by atoms with Crippen LogP contribution in [0.4, 0.5) is 0 Å². The van der Waals surface area contributed by atoms with Gasteiger partial charge in [0.2, 0.25) is 5.91 Å². The molecule has 1 aliphatic carbocycles. The summed E-state index contributed by atoms with van der Waals surface area (Å²) in [7, 11) is 0. The van der Waals surface area contributed by atoms with Gasteiger partial charge in [-0.15, -0.1) is 0 Å². The second-order valence-electron chi connectivity index (χ2n) is 5.91. The number of carbonyl (C=O) groups excluding carboxylic acids is 1. The van der Waals surface area contributed by atoms with E-state index in [1.807, 2.05) is 13.0 Å². The first kappa shape index (κ1) is 17.1. The normalized spacial score (nSPS) is 18.1. The molecule has 118 valence electrons. The quantitative estimate of drug-likeness (QED) is 0.834. The van der Waals surface area contributed by atoms with Gasteiger partial charge in [0, 0.05) is 6.04 Å². The van der Waals surface area contributed by atoms with Crippen LogP contribution in [0, 0.1) is 17.2 Å². The summed E-state index contributed by atoms with van der Waals surface area (Å²) >= 11 is 11.9. The molecule has 6 heteroatoms. The molecule has 4 nitrogen and oxygen atoms in total. The van der Waals surface area contributed by atoms with Gasteiger partial charge >= 0.3 is 0 Å². The first-order valence-corrected chi connectivity index (χ1v) is 8.02. The van der Waals surface area contributed by atoms with Crippen LogP contribution in [0.1, 0.15) is 38.3 Å². The van der Waals surface area contributed by atoms with E-state index in [1.54, 1.807) is 19.1 Å². The van der Waals surface area contributed by atoms with E-state index in [9.17, 15) is 10.1 Å². The summed E-state index contributed by atoms with van der Waals surface area (Å²) < 4.78 is 0. The van der Waals surface area contributed by atoms with Crippen molar-refractivity contribution in [2.75, 3.05) is 6.54 Å².